The van der Waals surface area contributed by atoms with E-state index in [1.807, 2.05) is 127 Å². The van der Waals surface area contributed by atoms with Crippen molar-refractivity contribution in [3.63, 3.8) is 0 Å². The number of fused-ring (bicyclic) bond motifs is 4. The number of rotatable bonds is 7. The Morgan fingerprint density at radius 1 is 0.367 bits per heavy atom. The van der Waals surface area contributed by atoms with Crippen LogP contribution >= 0.6 is 0 Å². The van der Waals surface area contributed by atoms with Gasteiger partial charge in [0.25, 0.3) is 11.8 Å². The highest BCUT2D eigenvalue weighted by atomic mass is 16.2. The standard InChI is InChI=1S/C54H34N4O2/c59-53-41-21-14-24-50(57-48-27-25-38(46-22-10-12-29-55-46)31-44(48)45-32-39(26-28-49(45)57)47-23-11-13-30-56-47)51(41)54(60)58(53)52-42(36-17-6-2-7-18-36)33-40(35-15-4-1-5-16-35)34-43(52)37-19-8-3-9-20-37/h1-34H. The first kappa shape index (κ1) is 35.0. The molecule has 0 radical (unpaired) electrons. The highest BCUT2D eigenvalue weighted by Crippen LogP contribution is 2.47. The molecule has 0 fully saturated rings. The summed E-state index contributed by atoms with van der Waals surface area (Å²) >= 11 is 0. The van der Waals surface area contributed by atoms with Gasteiger partial charge >= 0.3 is 0 Å². The summed E-state index contributed by atoms with van der Waals surface area (Å²) in [6.45, 7) is 0. The molecule has 7 aromatic carbocycles. The highest BCUT2D eigenvalue weighted by Gasteiger charge is 2.41. The lowest BCUT2D eigenvalue weighted by Crippen LogP contribution is -2.30. The molecular formula is C54H34N4O2. The molecule has 0 saturated heterocycles. The van der Waals surface area contributed by atoms with Gasteiger partial charge in [-0.2, -0.15) is 0 Å². The van der Waals surface area contributed by atoms with E-state index in [2.05, 4.69) is 75.2 Å². The molecule has 0 aliphatic carbocycles. The summed E-state index contributed by atoms with van der Waals surface area (Å²) in [5.41, 5.74) is 12.7. The van der Waals surface area contributed by atoms with Crippen LogP contribution in [-0.2, 0) is 0 Å². The van der Waals surface area contributed by atoms with Crippen molar-refractivity contribution in [2.75, 3.05) is 4.90 Å². The number of anilines is 1. The van der Waals surface area contributed by atoms with Gasteiger partial charge in [-0.05, 0) is 95.1 Å². The average Bonchev–Trinajstić information content (AvgIpc) is 3.78. The van der Waals surface area contributed by atoms with Crippen LogP contribution in [0, 0.1) is 0 Å². The molecular weight excluding hydrogens is 737 g/mol. The Hall–Kier alpha value is -8.22. The Balaban J connectivity index is 1.15. The van der Waals surface area contributed by atoms with E-state index in [4.69, 9.17) is 0 Å². The molecule has 1 aliphatic rings. The van der Waals surface area contributed by atoms with Gasteiger partial charge in [0.05, 0.1) is 44.9 Å². The number of amides is 2. The Kier molecular flexibility index (Phi) is 8.34. The fourth-order valence-corrected chi connectivity index (χ4v) is 8.67. The Morgan fingerprint density at radius 3 is 1.37 bits per heavy atom. The highest BCUT2D eigenvalue weighted by molar-refractivity contribution is 6.37. The number of hydrogen-bond acceptors (Lipinski definition) is 4. The molecule has 2 amide bonds. The third-order valence-corrected chi connectivity index (χ3v) is 11.4. The van der Waals surface area contributed by atoms with E-state index < -0.39 is 0 Å². The zero-order valence-corrected chi connectivity index (χ0v) is 32.2. The summed E-state index contributed by atoms with van der Waals surface area (Å²) in [7, 11) is 0. The first-order chi connectivity index (χ1) is 29.6. The second-order valence-electron chi connectivity index (χ2n) is 14.9. The molecule has 0 atom stereocenters. The minimum atomic E-state index is -0.377. The second kappa shape index (κ2) is 14.3. The van der Waals surface area contributed by atoms with Crippen molar-refractivity contribution in [2.24, 2.45) is 0 Å². The van der Waals surface area contributed by atoms with Crippen molar-refractivity contribution in [2.45, 2.75) is 0 Å². The van der Waals surface area contributed by atoms with Gasteiger partial charge in [-0.15, -0.1) is 0 Å². The number of aromatic nitrogens is 3. The van der Waals surface area contributed by atoms with Crippen molar-refractivity contribution in [1.29, 1.82) is 0 Å². The van der Waals surface area contributed by atoms with Crippen molar-refractivity contribution in [1.82, 2.24) is 14.5 Å². The first-order valence-corrected chi connectivity index (χ1v) is 19.9. The van der Waals surface area contributed by atoms with Crippen LogP contribution < -0.4 is 4.90 Å². The normalized spacial score (nSPS) is 12.4. The quantitative estimate of drug-likeness (QED) is 0.151. The van der Waals surface area contributed by atoms with Crippen molar-refractivity contribution >= 4 is 39.3 Å². The average molecular weight is 771 g/mol. The van der Waals surface area contributed by atoms with E-state index >= 15 is 9.59 Å². The third-order valence-electron chi connectivity index (χ3n) is 11.4. The summed E-state index contributed by atoms with van der Waals surface area (Å²) < 4.78 is 2.12. The molecule has 282 valence electrons. The molecule has 10 aromatic rings. The first-order valence-electron chi connectivity index (χ1n) is 19.9. The molecule has 60 heavy (non-hydrogen) atoms. The van der Waals surface area contributed by atoms with Crippen molar-refractivity contribution < 1.29 is 9.59 Å². The predicted molar refractivity (Wildman–Crippen MR) is 241 cm³/mol. The Bertz CT molecular complexity index is 3120. The molecule has 11 rings (SSSR count). The Labute approximate surface area is 346 Å². The number of carbonyl (C=O) groups is 2. The lowest BCUT2D eigenvalue weighted by molar-refractivity contribution is 0.0926. The van der Waals surface area contributed by atoms with Crippen molar-refractivity contribution in [3.05, 3.63) is 218 Å². The zero-order valence-electron chi connectivity index (χ0n) is 32.2. The SMILES string of the molecule is O=C1c2cccc(-n3c4ccc(-c5ccccn5)cc4c4cc(-c5ccccn5)ccc43)c2C(=O)N1c1c(-c2ccccc2)cc(-c2ccccc2)cc1-c1ccccc1. The lowest BCUT2D eigenvalue weighted by Gasteiger charge is -2.24. The molecule has 0 N–H and O–H groups in total. The summed E-state index contributed by atoms with van der Waals surface area (Å²) in [4.78, 5) is 41.2. The summed E-state index contributed by atoms with van der Waals surface area (Å²) in [6.07, 6.45) is 3.59. The predicted octanol–water partition coefficient (Wildman–Crippen LogP) is 12.7. The fourth-order valence-electron chi connectivity index (χ4n) is 8.67. The molecule has 0 saturated carbocycles. The minimum Gasteiger partial charge on any atom is -0.308 e. The fraction of sp³-hybridized carbons (Fsp3) is 0. The monoisotopic (exact) mass is 770 g/mol. The van der Waals surface area contributed by atoms with Crippen LogP contribution in [0.2, 0.25) is 0 Å². The second-order valence-corrected chi connectivity index (χ2v) is 14.9. The van der Waals surface area contributed by atoms with Crippen LogP contribution in [0.1, 0.15) is 20.7 Å². The number of hydrogen-bond donors (Lipinski definition) is 0. The van der Waals surface area contributed by atoms with E-state index in [0.29, 0.717) is 22.5 Å². The molecule has 6 heteroatoms. The van der Waals surface area contributed by atoms with Crippen LogP contribution in [0.3, 0.4) is 0 Å². The Morgan fingerprint density at radius 2 is 0.867 bits per heavy atom. The topological polar surface area (TPSA) is 68.1 Å². The summed E-state index contributed by atoms with van der Waals surface area (Å²) in [5.74, 6) is -0.744. The van der Waals surface area contributed by atoms with E-state index in [1.54, 1.807) is 18.5 Å². The smallest absolute Gasteiger partial charge is 0.268 e. The van der Waals surface area contributed by atoms with Gasteiger partial charge in [-0.1, -0.05) is 121 Å². The van der Waals surface area contributed by atoms with E-state index in [-0.39, 0.29) is 11.8 Å². The molecule has 0 bridgehead atoms. The maximum Gasteiger partial charge on any atom is 0.268 e. The van der Waals surface area contributed by atoms with E-state index in [9.17, 15) is 0 Å². The largest absolute Gasteiger partial charge is 0.308 e. The molecule has 0 unspecified atom stereocenters. The van der Waals surface area contributed by atoms with Crippen molar-refractivity contribution in [3.8, 4) is 61.6 Å². The van der Waals surface area contributed by atoms with Crippen LogP contribution in [0.4, 0.5) is 5.69 Å². The molecule has 4 heterocycles. The van der Waals surface area contributed by atoms with Crippen LogP contribution in [0.15, 0.2) is 207 Å². The molecule has 3 aromatic heterocycles. The van der Waals surface area contributed by atoms with E-state index in [0.717, 1.165) is 77.7 Å². The number of benzene rings is 7. The number of imide groups is 1. The summed E-state index contributed by atoms with van der Waals surface area (Å²) in [6, 6.07) is 64.4. The maximum atomic E-state index is 15.5. The zero-order chi connectivity index (χ0) is 40.2. The van der Waals surface area contributed by atoms with E-state index in [1.165, 1.54) is 4.90 Å². The molecule has 6 nitrogen and oxygen atoms in total. The maximum absolute atomic E-state index is 15.5. The van der Waals surface area contributed by atoms with Gasteiger partial charge in [-0.3, -0.25) is 19.6 Å². The van der Waals surface area contributed by atoms with Gasteiger partial charge in [0.15, 0.2) is 0 Å². The van der Waals surface area contributed by atoms with Gasteiger partial charge in [-0.25, -0.2) is 4.90 Å². The number of nitrogens with zero attached hydrogens (tertiary/aromatic N) is 4. The van der Waals surface area contributed by atoms with Crippen LogP contribution in [0.25, 0.3) is 83.4 Å². The lowest BCUT2D eigenvalue weighted by atomic mass is 9.90. The van der Waals surface area contributed by atoms with Gasteiger partial charge < -0.3 is 4.57 Å². The molecule has 0 spiro atoms. The molecule has 1 aliphatic heterocycles. The summed E-state index contributed by atoms with van der Waals surface area (Å²) in [5, 5.41) is 1.98. The van der Waals surface area contributed by atoms with Crippen LogP contribution in [-0.4, -0.2) is 26.3 Å². The number of carbonyl (C=O) groups excluding carboxylic acids is 2. The minimum absolute atomic E-state index is 0.355. The third kappa shape index (κ3) is 5.73. The number of pyridine rings is 2. The van der Waals surface area contributed by atoms with Crippen LogP contribution in [0.5, 0.6) is 0 Å². The van der Waals surface area contributed by atoms with Gasteiger partial charge in [0.2, 0.25) is 0 Å². The van der Waals surface area contributed by atoms with Gasteiger partial charge in [0, 0.05) is 45.4 Å². The van der Waals surface area contributed by atoms with Gasteiger partial charge in [0.1, 0.15) is 0 Å².